The molecule has 21 heavy (non-hydrogen) atoms. The molecule has 0 saturated carbocycles. The van der Waals surface area contributed by atoms with Crippen molar-refractivity contribution >= 4 is 57.6 Å². The van der Waals surface area contributed by atoms with Gasteiger partial charge in [-0.3, -0.25) is 5.32 Å². The number of carbonyl (C=O) groups is 2. The number of nitrogens with zero attached hydrogens (tertiary/aromatic N) is 2. The van der Waals surface area contributed by atoms with Crippen LogP contribution >= 0.6 is 34.7 Å². The number of ether oxygens (including phenoxy) is 1. The molecular formula is C11H8Cl2N4O3S. The first-order valence-corrected chi connectivity index (χ1v) is 6.97. The monoisotopic (exact) mass is 346 g/mol. The molecule has 110 valence electrons. The second-order valence-electron chi connectivity index (χ2n) is 3.62. The van der Waals surface area contributed by atoms with E-state index in [9.17, 15) is 9.59 Å². The van der Waals surface area contributed by atoms with Crippen LogP contribution in [0.5, 0.6) is 0 Å². The van der Waals surface area contributed by atoms with Crippen LogP contribution in [-0.2, 0) is 4.74 Å². The van der Waals surface area contributed by atoms with E-state index >= 15 is 0 Å². The van der Waals surface area contributed by atoms with Crippen molar-refractivity contribution < 1.29 is 14.3 Å². The van der Waals surface area contributed by atoms with Gasteiger partial charge in [0.05, 0.1) is 17.2 Å². The van der Waals surface area contributed by atoms with E-state index in [0.717, 1.165) is 11.5 Å². The van der Waals surface area contributed by atoms with Gasteiger partial charge in [0.25, 0.3) is 5.82 Å². The number of benzene rings is 1. The highest BCUT2D eigenvalue weighted by Crippen LogP contribution is 2.25. The number of rotatable bonds is 3. The zero-order valence-electron chi connectivity index (χ0n) is 10.5. The lowest BCUT2D eigenvalue weighted by Crippen LogP contribution is -2.19. The lowest BCUT2D eigenvalue weighted by Gasteiger charge is -2.05. The molecule has 0 spiro atoms. The molecule has 2 N–H and O–H groups in total. The van der Waals surface area contributed by atoms with Crippen LogP contribution in [0.15, 0.2) is 18.2 Å². The summed E-state index contributed by atoms with van der Waals surface area (Å²) in [4.78, 5) is 26.7. The van der Waals surface area contributed by atoms with E-state index in [2.05, 4.69) is 24.7 Å². The van der Waals surface area contributed by atoms with Crippen LogP contribution < -0.4 is 10.6 Å². The van der Waals surface area contributed by atoms with Gasteiger partial charge in [0, 0.05) is 17.2 Å². The van der Waals surface area contributed by atoms with Gasteiger partial charge >= 0.3 is 12.0 Å². The Morgan fingerprint density at radius 1 is 1.24 bits per heavy atom. The maximum Gasteiger partial charge on any atom is 0.377 e. The number of anilines is 2. The van der Waals surface area contributed by atoms with E-state index < -0.39 is 12.0 Å². The molecule has 1 heterocycles. The smallest absolute Gasteiger partial charge is 0.377 e. The normalized spacial score (nSPS) is 10.0. The molecule has 1 aromatic carbocycles. The van der Waals surface area contributed by atoms with Gasteiger partial charge in [-0.1, -0.05) is 23.2 Å². The third-order valence-electron chi connectivity index (χ3n) is 2.19. The third-order valence-corrected chi connectivity index (χ3v) is 3.56. The first-order chi connectivity index (χ1) is 9.99. The van der Waals surface area contributed by atoms with Crippen molar-refractivity contribution in [3.8, 4) is 0 Å². The van der Waals surface area contributed by atoms with E-state index in [0.29, 0.717) is 15.7 Å². The lowest BCUT2D eigenvalue weighted by atomic mass is 10.3. The summed E-state index contributed by atoms with van der Waals surface area (Å²) in [6.07, 6.45) is 0. The Bertz CT molecular complexity index is 692. The van der Waals surface area contributed by atoms with Crippen LogP contribution in [0, 0.1) is 0 Å². The fourth-order valence-electron chi connectivity index (χ4n) is 1.28. The number of aromatic nitrogens is 2. The van der Waals surface area contributed by atoms with E-state index in [1.165, 1.54) is 13.2 Å². The Morgan fingerprint density at radius 2 is 2.00 bits per heavy atom. The van der Waals surface area contributed by atoms with Crippen LogP contribution in [0.2, 0.25) is 10.0 Å². The SMILES string of the molecule is COC(=O)c1nsc(NC(=O)Nc2ccc(Cl)c(Cl)c2)n1. The molecule has 7 nitrogen and oxygen atoms in total. The zero-order valence-corrected chi connectivity index (χ0v) is 12.8. The van der Waals surface area contributed by atoms with Crippen LogP contribution in [0.1, 0.15) is 10.6 Å². The van der Waals surface area contributed by atoms with Gasteiger partial charge in [0.15, 0.2) is 0 Å². The summed E-state index contributed by atoms with van der Waals surface area (Å²) in [5.41, 5.74) is 0.458. The number of hydrogen-bond acceptors (Lipinski definition) is 6. The number of urea groups is 1. The summed E-state index contributed by atoms with van der Waals surface area (Å²) in [5.74, 6) is -0.795. The van der Waals surface area contributed by atoms with Crippen molar-refractivity contribution in [2.45, 2.75) is 0 Å². The summed E-state index contributed by atoms with van der Waals surface area (Å²) in [6.45, 7) is 0. The standard InChI is InChI=1S/C11H8Cl2N4O3S/c1-20-9(18)8-15-11(21-17-8)16-10(19)14-5-2-3-6(12)7(13)4-5/h2-4H,1H3,(H2,14,15,16,17,19). The maximum absolute atomic E-state index is 11.8. The topological polar surface area (TPSA) is 93.2 Å². The summed E-state index contributed by atoms with van der Waals surface area (Å²) in [5, 5.41) is 5.84. The van der Waals surface area contributed by atoms with E-state index in [-0.39, 0.29) is 11.0 Å². The molecule has 10 heteroatoms. The van der Waals surface area contributed by atoms with Gasteiger partial charge in [-0.2, -0.15) is 9.36 Å². The summed E-state index contributed by atoms with van der Waals surface area (Å²) in [7, 11) is 1.22. The van der Waals surface area contributed by atoms with Gasteiger partial charge in [0.1, 0.15) is 0 Å². The van der Waals surface area contributed by atoms with Crippen LogP contribution in [0.3, 0.4) is 0 Å². The third kappa shape index (κ3) is 4.03. The minimum atomic E-state index is -0.677. The maximum atomic E-state index is 11.8. The fraction of sp³-hybridized carbons (Fsp3) is 0.0909. The van der Waals surface area contributed by atoms with Crippen molar-refractivity contribution in [3.63, 3.8) is 0 Å². The van der Waals surface area contributed by atoms with Crippen molar-refractivity contribution in [1.82, 2.24) is 9.36 Å². The lowest BCUT2D eigenvalue weighted by molar-refractivity contribution is 0.0588. The molecular weight excluding hydrogens is 339 g/mol. The molecule has 2 amide bonds. The molecule has 2 rings (SSSR count). The van der Waals surface area contributed by atoms with Crippen LogP contribution in [-0.4, -0.2) is 28.5 Å². The molecule has 0 bridgehead atoms. The number of amides is 2. The van der Waals surface area contributed by atoms with Gasteiger partial charge < -0.3 is 10.1 Å². The average Bonchev–Trinajstić information content (AvgIpc) is 2.90. The Kier molecular flexibility index (Phi) is 4.94. The summed E-state index contributed by atoms with van der Waals surface area (Å²) < 4.78 is 8.21. The second-order valence-corrected chi connectivity index (χ2v) is 5.19. The number of esters is 1. The predicted octanol–water partition coefficient (Wildman–Crippen LogP) is 3.28. The van der Waals surface area contributed by atoms with Gasteiger partial charge in [0.2, 0.25) is 5.13 Å². The molecule has 0 aliphatic carbocycles. The fourth-order valence-corrected chi connectivity index (χ4v) is 2.13. The van der Waals surface area contributed by atoms with Gasteiger partial charge in [-0.25, -0.2) is 9.59 Å². The second kappa shape index (κ2) is 6.70. The van der Waals surface area contributed by atoms with Gasteiger partial charge in [-0.05, 0) is 18.2 Å². The molecule has 0 saturated heterocycles. The van der Waals surface area contributed by atoms with Gasteiger partial charge in [-0.15, -0.1) is 0 Å². The first kappa shape index (κ1) is 15.5. The highest BCUT2D eigenvalue weighted by molar-refractivity contribution is 7.10. The van der Waals surface area contributed by atoms with Crippen LogP contribution in [0.25, 0.3) is 0 Å². The molecule has 2 aromatic rings. The van der Waals surface area contributed by atoms with Crippen molar-refractivity contribution in [2.24, 2.45) is 0 Å². The van der Waals surface area contributed by atoms with Crippen molar-refractivity contribution in [3.05, 3.63) is 34.1 Å². The Balaban J connectivity index is 1.99. The van der Waals surface area contributed by atoms with E-state index in [1.54, 1.807) is 12.1 Å². The quantitative estimate of drug-likeness (QED) is 0.831. The predicted molar refractivity (Wildman–Crippen MR) is 80.4 cm³/mol. The average molecular weight is 347 g/mol. The highest BCUT2D eigenvalue weighted by atomic mass is 35.5. The Labute approximate surface area is 133 Å². The molecule has 0 aliphatic heterocycles. The molecule has 0 radical (unpaired) electrons. The van der Waals surface area contributed by atoms with Crippen molar-refractivity contribution in [1.29, 1.82) is 0 Å². The summed E-state index contributed by atoms with van der Waals surface area (Å²) in [6, 6.07) is 4.10. The number of methoxy groups -OCH3 is 1. The zero-order chi connectivity index (χ0) is 15.4. The Morgan fingerprint density at radius 3 is 2.67 bits per heavy atom. The molecule has 0 atom stereocenters. The largest absolute Gasteiger partial charge is 0.463 e. The van der Waals surface area contributed by atoms with Crippen molar-refractivity contribution in [2.75, 3.05) is 17.7 Å². The molecule has 1 aromatic heterocycles. The summed E-state index contributed by atoms with van der Waals surface area (Å²) >= 11 is 12.5. The van der Waals surface area contributed by atoms with E-state index in [1.807, 2.05) is 0 Å². The first-order valence-electron chi connectivity index (χ1n) is 5.44. The molecule has 0 fully saturated rings. The number of nitrogens with one attached hydrogen (secondary N) is 2. The molecule has 0 aliphatic rings. The number of hydrogen-bond donors (Lipinski definition) is 2. The Hall–Kier alpha value is -1.90. The highest BCUT2D eigenvalue weighted by Gasteiger charge is 2.14. The van der Waals surface area contributed by atoms with E-state index in [4.69, 9.17) is 23.2 Å². The molecule has 0 unspecified atom stereocenters. The number of halogens is 2. The number of carbonyl (C=O) groups excluding carboxylic acids is 2. The minimum absolute atomic E-state index is 0.118. The minimum Gasteiger partial charge on any atom is -0.463 e. The van der Waals surface area contributed by atoms with Crippen LogP contribution in [0.4, 0.5) is 15.6 Å².